The van der Waals surface area contributed by atoms with Crippen LogP contribution in [0, 0.1) is 5.82 Å². The molecule has 1 aliphatic heterocycles. The van der Waals surface area contributed by atoms with Crippen molar-refractivity contribution in [1.29, 1.82) is 0 Å². The topological polar surface area (TPSA) is 95.0 Å². The number of rotatable bonds is 9. The molecule has 4 rings (SSSR count). The van der Waals surface area contributed by atoms with Gasteiger partial charge < -0.3 is 35.0 Å². The van der Waals surface area contributed by atoms with Crippen LogP contribution in [0.2, 0.25) is 0 Å². The molecule has 0 atom stereocenters. The largest absolute Gasteiger partial charge is 0.494 e. The lowest BCUT2D eigenvalue weighted by atomic mass is 9.96. The number of ether oxygens (including phenoxy) is 2. The quantitative estimate of drug-likeness (QED) is 0.287. The second-order valence-electron chi connectivity index (χ2n) is 10.3. The Balaban J connectivity index is 1.61. The summed E-state index contributed by atoms with van der Waals surface area (Å²) in [5, 5.41) is 17.0. The number of nitrogens with zero attached hydrogens (tertiary/aromatic N) is 4. The van der Waals surface area contributed by atoms with Crippen molar-refractivity contribution < 1.29 is 19.0 Å². The van der Waals surface area contributed by atoms with Crippen LogP contribution in [0.5, 0.6) is 11.5 Å². The number of halogens is 2. The molecule has 11 heteroatoms. The predicted octanol–water partition coefficient (Wildman–Crippen LogP) is 5.64. The Morgan fingerprint density at radius 3 is 2.36 bits per heavy atom. The summed E-state index contributed by atoms with van der Waals surface area (Å²) in [7, 11) is 7.53. The Bertz CT molecular complexity index is 1310. The third-order valence-electron chi connectivity index (χ3n) is 6.92. The lowest BCUT2D eigenvalue weighted by Gasteiger charge is -2.37. The van der Waals surface area contributed by atoms with Crippen molar-refractivity contribution >= 4 is 44.8 Å². The monoisotopic (exact) mass is 602 g/mol. The molecule has 1 fully saturated rings. The van der Waals surface area contributed by atoms with Gasteiger partial charge in [0.15, 0.2) is 0 Å². The van der Waals surface area contributed by atoms with Gasteiger partial charge in [-0.1, -0.05) is 0 Å². The fourth-order valence-corrected chi connectivity index (χ4v) is 5.03. The zero-order chi connectivity index (χ0) is 28.3. The number of hydrogen-bond acceptors (Lipinski definition) is 9. The molecule has 0 aliphatic carbocycles. The van der Waals surface area contributed by atoms with E-state index in [2.05, 4.69) is 60.4 Å². The Morgan fingerprint density at radius 2 is 1.74 bits per heavy atom. The van der Waals surface area contributed by atoms with Crippen LogP contribution in [0.3, 0.4) is 0 Å². The minimum absolute atomic E-state index is 0.313. The fourth-order valence-electron chi connectivity index (χ4n) is 4.74. The second-order valence-corrected chi connectivity index (χ2v) is 11.1. The van der Waals surface area contributed by atoms with E-state index >= 15 is 0 Å². The molecule has 1 aromatic heterocycles. The number of hydrogen-bond donors (Lipinski definition) is 3. The molecule has 1 saturated heterocycles. The molecule has 210 valence electrons. The summed E-state index contributed by atoms with van der Waals surface area (Å²) < 4.78 is 26.0. The van der Waals surface area contributed by atoms with Crippen molar-refractivity contribution in [2.75, 3.05) is 56.9 Å². The predicted molar refractivity (Wildman–Crippen MR) is 156 cm³/mol. The van der Waals surface area contributed by atoms with Crippen molar-refractivity contribution in [3.8, 4) is 11.5 Å². The van der Waals surface area contributed by atoms with Crippen molar-refractivity contribution in [3.63, 3.8) is 0 Å². The number of methoxy groups -OCH3 is 2. The highest BCUT2D eigenvalue weighted by molar-refractivity contribution is 9.10. The third kappa shape index (κ3) is 6.71. The Morgan fingerprint density at radius 1 is 1.05 bits per heavy atom. The molecule has 3 aromatic rings. The van der Waals surface area contributed by atoms with E-state index in [1.165, 1.54) is 12.1 Å². The van der Waals surface area contributed by atoms with Crippen LogP contribution >= 0.6 is 15.9 Å². The normalized spacial score (nSPS) is 14.5. The van der Waals surface area contributed by atoms with Gasteiger partial charge >= 0.3 is 0 Å². The molecule has 3 N–H and O–H groups in total. The number of anilines is 5. The van der Waals surface area contributed by atoms with E-state index in [-0.39, 0.29) is 0 Å². The summed E-state index contributed by atoms with van der Waals surface area (Å²) in [5.74, 6) is 1.67. The molecule has 2 heterocycles. The van der Waals surface area contributed by atoms with Crippen LogP contribution in [0.15, 0.2) is 41.0 Å². The molecule has 39 heavy (non-hydrogen) atoms. The number of nitrogens with one attached hydrogen (secondary N) is 2. The van der Waals surface area contributed by atoms with Gasteiger partial charge in [0.05, 0.1) is 35.7 Å². The minimum atomic E-state index is -1.27. The molecule has 0 unspecified atom stereocenters. The summed E-state index contributed by atoms with van der Waals surface area (Å²) in [6.45, 7) is 5.05. The Kier molecular flexibility index (Phi) is 8.83. The van der Waals surface area contributed by atoms with Gasteiger partial charge in [-0.05, 0) is 74.9 Å². The van der Waals surface area contributed by atoms with Gasteiger partial charge in [-0.2, -0.15) is 4.98 Å². The molecule has 1 aliphatic rings. The molecule has 0 saturated carbocycles. The first-order valence-corrected chi connectivity index (χ1v) is 13.6. The maximum atomic E-state index is 13.9. The van der Waals surface area contributed by atoms with Crippen LogP contribution in [0.4, 0.5) is 33.2 Å². The van der Waals surface area contributed by atoms with E-state index in [4.69, 9.17) is 9.47 Å². The van der Waals surface area contributed by atoms with Gasteiger partial charge in [-0.25, -0.2) is 9.37 Å². The van der Waals surface area contributed by atoms with Crippen LogP contribution in [-0.4, -0.2) is 67.4 Å². The molecular formula is C28H36BrFN6O3. The first-order valence-electron chi connectivity index (χ1n) is 12.8. The maximum Gasteiger partial charge on any atom is 0.229 e. The molecule has 2 aromatic carbocycles. The SMILES string of the molecule is COc1cc(N2CCC(N(C)C)CC2)c(OC)cc1Nc1ncc(Br)c(Nc2ccc(F)cc2C(C)(C)O)n1. The maximum absolute atomic E-state index is 13.9. The highest BCUT2D eigenvalue weighted by atomic mass is 79.9. The van der Waals surface area contributed by atoms with Gasteiger partial charge in [0, 0.05) is 48.7 Å². The Hall–Kier alpha value is -3.15. The summed E-state index contributed by atoms with van der Waals surface area (Å²) in [6.07, 6.45) is 3.76. The van der Waals surface area contributed by atoms with Crippen LogP contribution in [-0.2, 0) is 5.60 Å². The number of benzene rings is 2. The third-order valence-corrected chi connectivity index (χ3v) is 7.50. The molecule has 0 bridgehead atoms. The van der Waals surface area contributed by atoms with Gasteiger partial charge in [0.25, 0.3) is 0 Å². The van der Waals surface area contributed by atoms with E-state index < -0.39 is 11.4 Å². The van der Waals surface area contributed by atoms with Crippen molar-refractivity contribution in [2.45, 2.75) is 38.3 Å². The second kappa shape index (κ2) is 11.9. The average Bonchev–Trinajstić information content (AvgIpc) is 2.90. The zero-order valence-electron chi connectivity index (χ0n) is 23.2. The zero-order valence-corrected chi connectivity index (χ0v) is 24.8. The van der Waals surface area contributed by atoms with Crippen molar-refractivity contribution in [3.05, 3.63) is 52.4 Å². The molecular weight excluding hydrogens is 567 g/mol. The number of aromatic nitrogens is 2. The van der Waals surface area contributed by atoms with E-state index in [0.29, 0.717) is 45.0 Å². The fraction of sp³-hybridized carbons (Fsp3) is 0.429. The lowest BCUT2D eigenvalue weighted by Crippen LogP contribution is -2.42. The van der Waals surface area contributed by atoms with Gasteiger partial charge in [-0.15, -0.1) is 0 Å². The standard InChI is InChI=1S/C28H36BrFN6O3/c1-28(2,37)19-13-17(30)7-8-21(19)32-26-20(29)16-31-27(34-26)33-22-14-25(39-6)23(15-24(22)38-5)36-11-9-18(10-12-36)35(3)4/h7-8,13-16,18,37H,9-12H2,1-6H3,(H2,31,32,33,34). The summed E-state index contributed by atoms with van der Waals surface area (Å²) >= 11 is 3.48. The summed E-state index contributed by atoms with van der Waals surface area (Å²) in [4.78, 5) is 13.6. The van der Waals surface area contributed by atoms with Gasteiger partial charge in [0.2, 0.25) is 5.95 Å². The Labute approximate surface area is 237 Å². The molecule has 0 amide bonds. The molecule has 9 nitrogen and oxygen atoms in total. The van der Waals surface area contributed by atoms with E-state index in [9.17, 15) is 9.50 Å². The van der Waals surface area contributed by atoms with Gasteiger partial charge in [-0.3, -0.25) is 0 Å². The summed E-state index contributed by atoms with van der Waals surface area (Å²) in [6, 6.07) is 8.63. The van der Waals surface area contributed by atoms with E-state index in [1.807, 2.05) is 12.1 Å². The lowest BCUT2D eigenvalue weighted by molar-refractivity contribution is 0.0790. The first kappa shape index (κ1) is 28.8. The average molecular weight is 604 g/mol. The van der Waals surface area contributed by atoms with E-state index in [0.717, 1.165) is 37.4 Å². The van der Waals surface area contributed by atoms with E-state index in [1.54, 1.807) is 40.3 Å². The molecule has 0 spiro atoms. The smallest absolute Gasteiger partial charge is 0.229 e. The number of piperidine rings is 1. The van der Waals surface area contributed by atoms with Crippen LogP contribution < -0.4 is 25.0 Å². The highest BCUT2D eigenvalue weighted by Gasteiger charge is 2.25. The van der Waals surface area contributed by atoms with Crippen molar-refractivity contribution in [1.82, 2.24) is 14.9 Å². The summed E-state index contributed by atoms with van der Waals surface area (Å²) in [5.41, 5.74) is 1.29. The van der Waals surface area contributed by atoms with Crippen LogP contribution in [0.25, 0.3) is 0 Å². The highest BCUT2D eigenvalue weighted by Crippen LogP contribution is 2.41. The van der Waals surface area contributed by atoms with Crippen LogP contribution in [0.1, 0.15) is 32.3 Å². The van der Waals surface area contributed by atoms with Crippen molar-refractivity contribution in [2.24, 2.45) is 0 Å². The number of aliphatic hydroxyl groups is 1. The first-order chi connectivity index (χ1) is 18.5. The minimum Gasteiger partial charge on any atom is -0.494 e. The molecule has 0 radical (unpaired) electrons. The van der Waals surface area contributed by atoms with Gasteiger partial charge in [0.1, 0.15) is 23.1 Å².